The van der Waals surface area contributed by atoms with Crippen molar-refractivity contribution in [3.8, 4) is 0 Å². The van der Waals surface area contributed by atoms with Gasteiger partial charge < -0.3 is 14.1 Å². The van der Waals surface area contributed by atoms with Crippen LogP contribution in [0.3, 0.4) is 0 Å². The lowest BCUT2D eigenvalue weighted by molar-refractivity contribution is 0.0599. The van der Waals surface area contributed by atoms with Crippen LogP contribution in [0.5, 0.6) is 0 Å². The van der Waals surface area contributed by atoms with E-state index >= 15 is 0 Å². The predicted molar refractivity (Wildman–Crippen MR) is 94.0 cm³/mol. The van der Waals surface area contributed by atoms with Gasteiger partial charge in [-0.05, 0) is 37.1 Å². The Hall–Kier alpha value is -2.70. The van der Waals surface area contributed by atoms with Gasteiger partial charge in [-0.2, -0.15) is 0 Å². The van der Waals surface area contributed by atoms with Crippen LogP contribution >= 0.6 is 0 Å². The molecule has 2 aromatic rings. The number of benzene rings is 1. The number of amides is 1. The van der Waals surface area contributed by atoms with Gasteiger partial charge in [-0.25, -0.2) is 4.79 Å². The molecule has 0 aliphatic carbocycles. The molecule has 1 saturated heterocycles. The van der Waals surface area contributed by atoms with Gasteiger partial charge in [0, 0.05) is 30.5 Å². The summed E-state index contributed by atoms with van der Waals surface area (Å²) in [5, 5.41) is 8.25. The van der Waals surface area contributed by atoms with Crippen molar-refractivity contribution in [2.75, 3.05) is 20.2 Å². The molecule has 1 fully saturated rings. The number of rotatable bonds is 4. The van der Waals surface area contributed by atoms with Gasteiger partial charge in [0.25, 0.3) is 5.91 Å². The summed E-state index contributed by atoms with van der Waals surface area (Å²) in [5.41, 5.74) is 0.996. The van der Waals surface area contributed by atoms with Crippen LogP contribution in [0.15, 0.2) is 28.7 Å². The van der Waals surface area contributed by atoms with E-state index in [0.29, 0.717) is 36.0 Å². The van der Waals surface area contributed by atoms with Gasteiger partial charge >= 0.3 is 5.97 Å². The van der Waals surface area contributed by atoms with E-state index in [2.05, 4.69) is 14.9 Å². The number of carbonyl (C=O) groups excluding carboxylic acids is 2. The normalized spacial score (nSPS) is 15.3. The van der Waals surface area contributed by atoms with Crippen molar-refractivity contribution in [1.29, 1.82) is 0 Å². The predicted octanol–water partition coefficient (Wildman–Crippen LogP) is 3.00. The van der Waals surface area contributed by atoms with Gasteiger partial charge in [-0.15, -0.1) is 10.2 Å². The highest BCUT2D eigenvalue weighted by atomic mass is 16.5. The fourth-order valence-corrected chi connectivity index (χ4v) is 3.02. The summed E-state index contributed by atoms with van der Waals surface area (Å²) >= 11 is 0. The van der Waals surface area contributed by atoms with Crippen molar-refractivity contribution in [1.82, 2.24) is 15.1 Å². The zero-order valence-electron chi connectivity index (χ0n) is 15.3. The fourth-order valence-electron chi connectivity index (χ4n) is 3.02. The van der Waals surface area contributed by atoms with E-state index in [1.54, 1.807) is 24.3 Å². The van der Waals surface area contributed by atoms with E-state index < -0.39 is 5.97 Å². The minimum absolute atomic E-state index is 0.0340. The van der Waals surface area contributed by atoms with Gasteiger partial charge in [0.1, 0.15) is 0 Å². The highest BCUT2D eigenvalue weighted by molar-refractivity contribution is 5.96. The summed E-state index contributed by atoms with van der Waals surface area (Å²) in [4.78, 5) is 25.9. The molecular formula is C19H23N3O4. The summed E-state index contributed by atoms with van der Waals surface area (Å²) in [6.07, 6.45) is 1.59. The highest BCUT2D eigenvalue weighted by Crippen LogP contribution is 2.29. The van der Waals surface area contributed by atoms with Crippen molar-refractivity contribution in [3.05, 3.63) is 47.2 Å². The first-order valence-corrected chi connectivity index (χ1v) is 8.80. The number of carbonyl (C=O) groups is 2. The number of ether oxygens (including phenoxy) is 1. The second kappa shape index (κ2) is 7.68. The smallest absolute Gasteiger partial charge is 0.337 e. The lowest BCUT2D eigenvalue weighted by Gasteiger charge is -2.30. The molecular weight excluding hydrogens is 334 g/mol. The molecule has 1 amide bonds. The fraction of sp³-hybridized carbons (Fsp3) is 0.474. The van der Waals surface area contributed by atoms with Crippen LogP contribution in [0.25, 0.3) is 0 Å². The van der Waals surface area contributed by atoms with Crippen molar-refractivity contribution in [2.45, 2.75) is 38.5 Å². The van der Waals surface area contributed by atoms with E-state index in [1.807, 2.05) is 18.7 Å². The van der Waals surface area contributed by atoms with Gasteiger partial charge in [0.15, 0.2) is 0 Å². The number of nitrogens with zero attached hydrogens (tertiary/aromatic N) is 3. The minimum atomic E-state index is -0.412. The van der Waals surface area contributed by atoms with Crippen LogP contribution in [0.4, 0.5) is 0 Å². The molecule has 26 heavy (non-hydrogen) atoms. The topological polar surface area (TPSA) is 85.5 Å². The van der Waals surface area contributed by atoms with E-state index in [0.717, 1.165) is 12.8 Å². The van der Waals surface area contributed by atoms with Crippen LogP contribution in [-0.2, 0) is 4.74 Å². The lowest BCUT2D eigenvalue weighted by atomic mass is 9.96. The summed E-state index contributed by atoms with van der Waals surface area (Å²) in [7, 11) is 1.33. The Labute approximate surface area is 152 Å². The molecule has 7 heteroatoms. The molecule has 0 unspecified atom stereocenters. The molecule has 1 aliphatic rings. The first kappa shape index (κ1) is 18.1. The Bertz CT molecular complexity index is 774. The number of aromatic nitrogens is 2. The summed E-state index contributed by atoms with van der Waals surface area (Å²) in [6, 6.07) is 6.54. The highest BCUT2D eigenvalue weighted by Gasteiger charge is 2.28. The Morgan fingerprint density at radius 3 is 2.27 bits per heavy atom. The Kier molecular flexibility index (Phi) is 5.35. The standard InChI is InChI=1S/C19H23N3O4/c1-12(2)16-20-21-17(26-16)13-8-10-22(11-9-13)18(23)14-4-6-15(7-5-14)19(24)25-3/h4-7,12-13H,8-11H2,1-3H3. The largest absolute Gasteiger partial charge is 0.465 e. The van der Waals surface area contributed by atoms with Crippen molar-refractivity contribution in [2.24, 2.45) is 0 Å². The summed E-state index contributed by atoms with van der Waals surface area (Å²) < 4.78 is 10.4. The number of esters is 1. The molecule has 0 N–H and O–H groups in total. The Morgan fingerprint density at radius 1 is 1.12 bits per heavy atom. The van der Waals surface area contributed by atoms with Crippen LogP contribution in [0.2, 0.25) is 0 Å². The zero-order chi connectivity index (χ0) is 18.7. The first-order valence-electron chi connectivity index (χ1n) is 8.80. The maximum Gasteiger partial charge on any atom is 0.337 e. The molecule has 1 aromatic heterocycles. The zero-order valence-corrected chi connectivity index (χ0v) is 15.3. The van der Waals surface area contributed by atoms with Gasteiger partial charge in [-0.1, -0.05) is 13.8 Å². The number of methoxy groups -OCH3 is 1. The van der Waals surface area contributed by atoms with Gasteiger partial charge in [0.05, 0.1) is 12.7 Å². The second-order valence-electron chi connectivity index (χ2n) is 6.77. The van der Waals surface area contributed by atoms with E-state index in [1.165, 1.54) is 7.11 Å². The molecule has 0 spiro atoms. The van der Waals surface area contributed by atoms with Crippen molar-refractivity contribution < 1.29 is 18.7 Å². The average Bonchev–Trinajstić information content (AvgIpc) is 3.17. The Morgan fingerprint density at radius 2 is 1.73 bits per heavy atom. The molecule has 0 atom stereocenters. The molecule has 1 aliphatic heterocycles. The number of likely N-dealkylation sites (tertiary alicyclic amines) is 1. The number of hydrogen-bond donors (Lipinski definition) is 0. The third kappa shape index (κ3) is 3.76. The van der Waals surface area contributed by atoms with Crippen molar-refractivity contribution >= 4 is 11.9 Å². The van der Waals surface area contributed by atoms with Crippen LogP contribution in [0.1, 0.15) is 71.0 Å². The second-order valence-corrected chi connectivity index (χ2v) is 6.77. The summed E-state index contributed by atoms with van der Waals surface area (Å²) in [5.74, 6) is 1.29. The van der Waals surface area contributed by atoms with Crippen LogP contribution < -0.4 is 0 Å². The van der Waals surface area contributed by atoms with Gasteiger partial charge in [0.2, 0.25) is 11.8 Å². The number of hydrogen-bond acceptors (Lipinski definition) is 6. The SMILES string of the molecule is COC(=O)c1ccc(C(=O)N2CCC(c3nnc(C(C)C)o3)CC2)cc1. The molecule has 0 saturated carbocycles. The molecule has 0 bridgehead atoms. The van der Waals surface area contributed by atoms with Crippen LogP contribution in [-0.4, -0.2) is 47.2 Å². The third-order valence-corrected chi connectivity index (χ3v) is 4.63. The van der Waals surface area contributed by atoms with Crippen LogP contribution in [0, 0.1) is 0 Å². The van der Waals surface area contributed by atoms with E-state index in [-0.39, 0.29) is 17.7 Å². The van der Waals surface area contributed by atoms with E-state index in [4.69, 9.17) is 4.42 Å². The van der Waals surface area contributed by atoms with Crippen molar-refractivity contribution in [3.63, 3.8) is 0 Å². The molecule has 138 valence electrons. The van der Waals surface area contributed by atoms with E-state index in [9.17, 15) is 9.59 Å². The third-order valence-electron chi connectivity index (χ3n) is 4.63. The number of piperidine rings is 1. The maximum atomic E-state index is 12.6. The summed E-state index contributed by atoms with van der Waals surface area (Å²) in [6.45, 7) is 5.32. The molecule has 1 aromatic carbocycles. The molecule has 3 rings (SSSR count). The maximum absolute atomic E-state index is 12.6. The monoisotopic (exact) mass is 357 g/mol. The average molecular weight is 357 g/mol. The van der Waals surface area contributed by atoms with Gasteiger partial charge in [-0.3, -0.25) is 4.79 Å². The molecule has 2 heterocycles. The first-order chi connectivity index (χ1) is 12.5. The Balaban J connectivity index is 1.60. The molecule has 0 radical (unpaired) electrons. The lowest BCUT2D eigenvalue weighted by Crippen LogP contribution is -2.38. The minimum Gasteiger partial charge on any atom is -0.465 e. The quantitative estimate of drug-likeness (QED) is 0.782. The molecule has 7 nitrogen and oxygen atoms in total.